The first kappa shape index (κ1) is 25.6. The van der Waals surface area contributed by atoms with E-state index in [1.54, 1.807) is 11.1 Å². The Kier molecular flexibility index (Phi) is 6.19. The lowest BCUT2D eigenvalue weighted by Crippen LogP contribution is -2.63. The average Bonchev–Trinajstić information content (AvgIpc) is 2.92. The van der Waals surface area contributed by atoms with E-state index in [4.69, 9.17) is 0 Å². The van der Waals surface area contributed by atoms with E-state index in [0.717, 1.165) is 11.8 Å². The number of anilines is 2. The maximum atomic E-state index is 2.78. The van der Waals surface area contributed by atoms with Crippen molar-refractivity contribution in [2.45, 2.75) is 77.7 Å². The van der Waals surface area contributed by atoms with Gasteiger partial charge in [0.05, 0.1) is 0 Å². The zero-order valence-corrected chi connectivity index (χ0v) is 24.7. The van der Waals surface area contributed by atoms with Gasteiger partial charge in [0.1, 0.15) is 0 Å². The lowest BCUT2D eigenvalue weighted by atomic mass is 9.42. The molecule has 8 rings (SSSR count). The normalized spacial score (nSPS) is 26.8. The minimum atomic E-state index is 0.137. The molecule has 4 fully saturated rings. The van der Waals surface area contributed by atoms with Crippen molar-refractivity contribution in [2.24, 2.45) is 17.3 Å². The van der Waals surface area contributed by atoms with Gasteiger partial charge in [-0.25, -0.2) is 0 Å². The second-order valence-corrected chi connectivity index (χ2v) is 13.6. The maximum absolute atomic E-state index is 2.78. The average molecular weight is 526 g/mol. The summed E-state index contributed by atoms with van der Waals surface area (Å²) >= 11 is 0. The fourth-order valence-electron chi connectivity index (χ4n) is 10.1. The molecule has 0 aromatic heterocycles. The molecule has 4 saturated carbocycles. The van der Waals surface area contributed by atoms with Crippen molar-refractivity contribution in [1.29, 1.82) is 0 Å². The minimum Gasteiger partial charge on any atom is -0.335 e. The Hall–Kier alpha value is -3.32. The molecule has 4 bridgehead atoms. The van der Waals surface area contributed by atoms with Crippen LogP contribution in [0.2, 0.25) is 0 Å². The molecule has 2 atom stereocenters. The third-order valence-corrected chi connectivity index (χ3v) is 10.9. The topological polar surface area (TPSA) is 3.24 Å². The third kappa shape index (κ3) is 4.04. The predicted molar refractivity (Wildman–Crippen MR) is 169 cm³/mol. The highest BCUT2D eigenvalue weighted by Crippen LogP contribution is 2.69. The summed E-state index contributed by atoms with van der Waals surface area (Å²) in [6.45, 7) is 9.44. The lowest BCUT2D eigenvalue weighted by Gasteiger charge is -2.67. The molecule has 1 heteroatoms. The van der Waals surface area contributed by atoms with Crippen molar-refractivity contribution >= 4 is 11.4 Å². The molecule has 0 saturated heterocycles. The summed E-state index contributed by atoms with van der Waals surface area (Å²) in [4.78, 5) is 2.78. The van der Waals surface area contributed by atoms with Crippen LogP contribution in [0.4, 0.5) is 11.4 Å². The monoisotopic (exact) mass is 525 g/mol. The first-order valence-electron chi connectivity index (χ1n) is 15.4. The summed E-state index contributed by atoms with van der Waals surface area (Å²) in [5.41, 5.74) is 12.1. The molecule has 1 nitrogen and oxygen atoms in total. The molecule has 0 aliphatic heterocycles. The third-order valence-electron chi connectivity index (χ3n) is 10.9. The molecule has 0 amide bonds. The smallest absolute Gasteiger partial charge is 0.0462 e. The van der Waals surface area contributed by atoms with Crippen LogP contribution < -0.4 is 4.90 Å². The number of aryl methyl sites for hydroxylation is 4. The van der Waals surface area contributed by atoms with Crippen molar-refractivity contribution in [2.75, 3.05) is 4.90 Å². The highest BCUT2D eigenvalue weighted by molar-refractivity contribution is 5.66. The summed E-state index contributed by atoms with van der Waals surface area (Å²) in [5, 5.41) is 0. The van der Waals surface area contributed by atoms with Crippen LogP contribution >= 0.6 is 0 Å². The van der Waals surface area contributed by atoms with Crippen LogP contribution in [-0.4, -0.2) is 5.54 Å². The van der Waals surface area contributed by atoms with Gasteiger partial charge in [0.25, 0.3) is 0 Å². The predicted octanol–water partition coefficient (Wildman–Crippen LogP) is 10.2. The Morgan fingerprint density at radius 2 is 0.975 bits per heavy atom. The van der Waals surface area contributed by atoms with Gasteiger partial charge in [-0.2, -0.15) is 0 Å². The zero-order chi connectivity index (χ0) is 27.5. The molecular weight excluding hydrogens is 482 g/mol. The molecule has 0 radical (unpaired) electrons. The van der Waals surface area contributed by atoms with Crippen molar-refractivity contribution in [3.05, 3.63) is 130 Å². The molecule has 204 valence electrons. The number of hydrogen-bond acceptors (Lipinski definition) is 1. The number of nitrogens with zero attached hydrogens (tertiary/aromatic N) is 1. The van der Waals surface area contributed by atoms with Crippen molar-refractivity contribution in [3.8, 4) is 0 Å². The van der Waals surface area contributed by atoms with E-state index >= 15 is 0 Å². The summed E-state index contributed by atoms with van der Waals surface area (Å²) in [7, 11) is 0. The minimum absolute atomic E-state index is 0.137. The quantitative estimate of drug-likeness (QED) is 0.242. The van der Waals surface area contributed by atoms with Crippen LogP contribution in [0.5, 0.6) is 0 Å². The molecule has 2 unspecified atom stereocenters. The molecule has 40 heavy (non-hydrogen) atoms. The Morgan fingerprint density at radius 1 is 0.550 bits per heavy atom. The van der Waals surface area contributed by atoms with E-state index < -0.39 is 0 Å². The van der Waals surface area contributed by atoms with Gasteiger partial charge in [-0.05, 0) is 141 Å². The number of para-hydroxylation sites is 2. The Labute approximate surface area is 241 Å². The van der Waals surface area contributed by atoms with Crippen molar-refractivity contribution < 1.29 is 0 Å². The summed E-state index contributed by atoms with van der Waals surface area (Å²) in [6, 6.07) is 36.5. The first-order valence-corrected chi connectivity index (χ1v) is 15.4. The zero-order valence-electron chi connectivity index (χ0n) is 24.7. The van der Waals surface area contributed by atoms with Gasteiger partial charge in [-0.15, -0.1) is 0 Å². The molecule has 4 aromatic rings. The van der Waals surface area contributed by atoms with Gasteiger partial charge in [0.15, 0.2) is 0 Å². The first-order chi connectivity index (χ1) is 19.4. The molecule has 0 heterocycles. The maximum Gasteiger partial charge on any atom is 0.0462 e. The van der Waals surface area contributed by atoms with Crippen molar-refractivity contribution in [3.63, 3.8) is 0 Å². The van der Waals surface area contributed by atoms with Gasteiger partial charge in [-0.3, -0.25) is 0 Å². The Morgan fingerprint density at radius 3 is 1.40 bits per heavy atom. The van der Waals surface area contributed by atoms with Gasteiger partial charge in [-0.1, -0.05) is 72.8 Å². The summed E-state index contributed by atoms with van der Waals surface area (Å²) in [6.07, 6.45) is 7.99. The molecule has 4 aliphatic carbocycles. The van der Waals surface area contributed by atoms with Crippen LogP contribution in [0, 0.1) is 44.9 Å². The Bertz CT molecular complexity index is 1370. The number of rotatable bonds is 6. The summed E-state index contributed by atoms with van der Waals surface area (Å²) in [5.74, 6) is 1.99. The largest absolute Gasteiger partial charge is 0.335 e. The molecule has 4 aromatic carbocycles. The van der Waals surface area contributed by atoms with Crippen LogP contribution in [0.3, 0.4) is 0 Å². The highest BCUT2D eigenvalue weighted by atomic mass is 15.2. The Balaban J connectivity index is 1.45. The van der Waals surface area contributed by atoms with E-state index in [1.165, 1.54) is 72.2 Å². The lowest BCUT2D eigenvalue weighted by molar-refractivity contribution is -0.0754. The molecule has 4 aliphatic rings. The van der Waals surface area contributed by atoms with E-state index in [9.17, 15) is 0 Å². The van der Waals surface area contributed by atoms with Crippen LogP contribution in [0.25, 0.3) is 0 Å². The van der Waals surface area contributed by atoms with E-state index in [1.807, 2.05) is 0 Å². The van der Waals surface area contributed by atoms with Crippen LogP contribution in [0.1, 0.15) is 77.8 Å². The fraction of sp³-hybridized carbons (Fsp3) is 0.385. The van der Waals surface area contributed by atoms with Gasteiger partial charge >= 0.3 is 0 Å². The van der Waals surface area contributed by atoms with Crippen molar-refractivity contribution in [1.82, 2.24) is 0 Å². The fourth-order valence-corrected chi connectivity index (χ4v) is 10.1. The van der Waals surface area contributed by atoms with E-state index in [0.29, 0.717) is 5.92 Å². The summed E-state index contributed by atoms with van der Waals surface area (Å²) < 4.78 is 0. The molecular formula is C39H43N. The second kappa shape index (κ2) is 9.65. The number of hydrogen-bond donors (Lipinski definition) is 0. The second-order valence-electron chi connectivity index (χ2n) is 13.6. The standard InChI is InChI=1S/C39H43N/c1-27-13-11-14-28(2)35(27)37(36-29(3)15-12-16-30(36)4)38-22-31-21-32(23-38)25-39(24-31,26-38)40(33-17-7-5-8-18-33)34-19-9-6-10-20-34/h5-20,31-32,37H,21-26H2,1-4H3. The number of benzene rings is 4. The van der Waals surface area contributed by atoms with E-state index in [-0.39, 0.29) is 11.0 Å². The molecule has 0 N–H and O–H groups in total. The SMILES string of the molecule is Cc1cccc(C)c1C(c1c(C)cccc1C)C12CC3CC(C1)CC(N(c1ccccc1)c1ccccc1)(C3)C2. The van der Waals surface area contributed by atoms with Crippen LogP contribution in [-0.2, 0) is 0 Å². The van der Waals surface area contributed by atoms with E-state index in [2.05, 4.69) is 130 Å². The van der Waals surface area contributed by atoms with Gasteiger partial charge in [0.2, 0.25) is 0 Å². The van der Waals surface area contributed by atoms with Gasteiger partial charge < -0.3 is 4.90 Å². The van der Waals surface area contributed by atoms with Crippen LogP contribution in [0.15, 0.2) is 97.1 Å². The molecule has 0 spiro atoms. The highest BCUT2D eigenvalue weighted by Gasteiger charge is 2.62. The van der Waals surface area contributed by atoms with Gasteiger partial charge in [0, 0.05) is 22.8 Å².